The van der Waals surface area contributed by atoms with E-state index in [9.17, 15) is 9.90 Å². The van der Waals surface area contributed by atoms with Gasteiger partial charge in [0.2, 0.25) is 0 Å². The quantitative estimate of drug-likeness (QED) is 0.592. The number of amides is 2. The molecule has 3 N–H and O–H groups in total. The number of likely N-dealkylation sites (tertiary alicyclic amines) is 1. The molecule has 2 aromatic carbocycles. The van der Waals surface area contributed by atoms with Gasteiger partial charge < -0.3 is 10.0 Å². The van der Waals surface area contributed by atoms with Gasteiger partial charge in [-0.2, -0.15) is 5.10 Å². The average molecular weight is 405 g/mol. The lowest BCUT2D eigenvalue weighted by molar-refractivity contribution is -0.0156. The van der Waals surface area contributed by atoms with Crippen LogP contribution in [0.3, 0.4) is 0 Å². The molecule has 2 amide bonds. The van der Waals surface area contributed by atoms with E-state index in [1.807, 2.05) is 24.3 Å². The Morgan fingerprint density at radius 2 is 1.93 bits per heavy atom. The van der Waals surface area contributed by atoms with Crippen LogP contribution in [0.5, 0.6) is 0 Å². The molecule has 1 aliphatic heterocycles. The predicted octanol–water partition coefficient (Wildman–Crippen LogP) is 4.39. The third-order valence-corrected chi connectivity index (χ3v) is 5.57. The van der Waals surface area contributed by atoms with Gasteiger partial charge >= 0.3 is 6.03 Å². The summed E-state index contributed by atoms with van der Waals surface area (Å²) < 4.78 is 0. The molecule has 1 fully saturated rings. The van der Waals surface area contributed by atoms with Crippen LogP contribution in [0, 0.1) is 0 Å². The monoisotopic (exact) mass is 404 g/mol. The Morgan fingerprint density at radius 3 is 2.70 bits per heavy atom. The van der Waals surface area contributed by atoms with Crippen molar-refractivity contribution in [1.82, 2.24) is 15.1 Å². The summed E-state index contributed by atoms with van der Waals surface area (Å²) in [7, 11) is 0. The van der Waals surface area contributed by atoms with Gasteiger partial charge in [0.15, 0.2) is 5.82 Å². The van der Waals surface area contributed by atoms with E-state index in [4.69, 9.17) is 23.2 Å². The van der Waals surface area contributed by atoms with E-state index >= 15 is 0 Å². The van der Waals surface area contributed by atoms with Crippen molar-refractivity contribution in [2.45, 2.75) is 18.4 Å². The summed E-state index contributed by atoms with van der Waals surface area (Å²) in [5, 5.41) is 22.8. The number of anilines is 1. The Kier molecular flexibility index (Phi) is 4.72. The maximum atomic E-state index is 12.6. The van der Waals surface area contributed by atoms with E-state index in [0.717, 1.165) is 10.9 Å². The number of aromatic nitrogens is 2. The molecular formula is C19H18Cl2N4O2. The molecule has 1 aromatic heterocycles. The summed E-state index contributed by atoms with van der Waals surface area (Å²) >= 11 is 12.3. The molecule has 0 unspecified atom stereocenters. The largest absolute Gasteiger partial charge is 0.385 e. The Hall–Kier alpha value is -2.28. The van der Waals surface area contributed by atoms with Crippen molar-refractivity contribution in [2.24, 2.45) is 0 Å². The number of urea groups is 1. The van der Waals surface area contributed by atoms with Crippen molar-refractivity contribution in [3.05, 3.63) is 58.1 Å². The first-order valence-corrected chi connectivity index (χ1v) is 9.39. The number of hydrogen-bond acceptors (Lipinski definition) is 3. The molecule has 8 heteroatoms. The molecule has 1 aliphatic rings. The summed E-state index contributed by atoms with van der Waals surface area (Å²) in [5.74, 6) is 0.495. The van der Waals surface area contributed by atoms with Crippen LogP contribution in [-0.4, -0.2) is 39.3 Å². The van der Waals surface area contributed by atoms with Crippen molar-refractivity contribution in [2.75, 3.05) is 18.4 Å². The number of para-hydroxylation sites is 1. The van der Waals surface area contributed by atoms with Gasteiger partial charge in [-0.3, -0.25) is 10.4 Å². The van der Waals surface area contributed by atoms with Crippen molar-refractivity contribution in [1.29, 1.82) is 0 Å². The minimum atomic E-state index is -1.10. The summed E-state index contributed by atoms with van der Waals surface area (Å²) in [5.41, 5.74) is 0.365. The van der Waals surface area contributed by atoms with E-state index in [1.54, 1.807) is 23.1 Å². The number of carbonyl (C=O) groups is 1. The summed E-state index contributed by atoms with van der Waals surface area (Å²) in [6, 6.07) is 12.4. The maximum Gasteiger partial charge on any atom is 0.323 e. The topological polar surface area (TPSA) is 81.2 Å². The number of carbonyl (C=O) groups excluding carboxylic acids is 1. The molecule has 3 aromatic rings. The first kappa shape index (κ1) is 18.1. The predicted molar refractivity (Wildman–Crippen MR) is 106 cm³/mol. The van der Waals surface area contributed by atoms with Gasteiger partial charge in [0.25, 0.3) is 0 Å². The molecule has 0 atom stereocenters. The van der Waals surface area contributed by atoms with Crippen LogP contribution >= 0.6 is 23.2 Å². The Bertz CT molecular complexity index is 996. The van der Waals surface area contributed by atoms with Crippen molar-refractivity contribution in [3.63, 3.8) is 0 Å². The number of nitrogens with one attached hydrogen (secondary N) is 2. The standard InChI is InChI=1S/C19H18Cl2N4O2/c20-12-5-6-15(21)14(11-12)19(27)7-9-25(10-8-19)18(26)22-17-13-3-1-2-4-16(13)23-24-17/h1-6,11,27H,7-10H2,(H2,22,23,24,26). The first-order valence-electron chi connectivity index (χ1n) is 8.63. The van der Waals surface area contributed by atoms with Gasteiger partial charge in [-0.05, 0) is 43.2 Å². The minimum Gasteiger partial charge on any atom is -0.385 e. The van der Waals surface area contributed by atoms with E-state index < -0.39 is 5.60 Å². The van der Waals surface area contributed by atoms with Crippen LogP contribution in [0.2, 0.25) is 10.0 Å². The molecular weight excluding hydrogens is 387 g/mol. The number of piperidine rings is 1. The van der Waals surface area contributed by atoms with Gasteiger partial charge in [0.1, 0.15) is 0 Å². The molecule has 0 spiro atoms. The molecule has 140 valence electrons. The third-order valence-electron chi connectivity index (χ3n) is 5.00. The van der Waals surface area contributed by atoms with Crippen molar-refractivity contribution >= 4 is 46.0 Å². The highest BCUT2D eigenvalue weighted by Crippen LogP contribution is 2.38. The second-order valence-corrected chi connectivity index (χ2v) is 7.53. The molecule has 4 rings (SSSR count). The first-order chi connectivity index (χ1) is 13.0. The number of benzene rings is 2. The Balaban J connectivity index is 1.45. The highest BCUT2D eigenvalue weighted by molar-refractivity contribution is 6.33. The fraction of sp³-hybridized carbons (Fsp3) is 0.263. The lowest BCUT2D eigenvalue weighted by Gasteiger charge is -2.38. The maximum absolute atomic E-state index is 12.6. The molecule has 0 radical (unpaired) electrons. The molecule has 6 nitrogen and oxygen atoms in total. The third kappa shape index (κ3) is 3.48. The number of rotatable bonds is 2. The Labute approximate surface area is 166 Å². The smallest absolute Gasteiger partial charge is 0.323 e. The van der Waals surface area contributed by atoms with Crippen LogP contribution < -0.4 is 5.32 Å². The van der Waals surface area contributed by atoms with Crippen LogP contribution in [0.25, 0.3) is 10.9 Å². The zero-order chi connectivity index (χ0) is 19.0. The summed E-state index contributed by atoms with van der Waals surface area (Å²) in [6.07, 6.45) is 0.754. The van der Waals surface area contributed by atoms with Crippen LogP contribution in [0.15, 0.2) is 42.5 Å². The molecule has 1 saturated heterocycles. The number of halogens is 2. The molecule has 2 heterocycles. The van der Waals surface area contributed by atoms with Crippen molar-refractivity contribution < 1.29 is 9.90 Å². The number of H-pyrrole nitrogens is 1. The van der Waals surface area contributed by atoms with Crippen LogP contribution in [0.1, 0.15) is 18.4 Å². The second kappa shape index (κ2) is 7.03. The fourth-order valence-corrected chi connectivity index (χ4v) is 3.91. The van der Waals surface area contributed by atoms with Gasteiger partial charge in [-0.1, -0.05) is 35.3 Å². The molecule has 0 bridgehead atoms. The molecule has 0 saturated carbocycles. The SMILES string of the molecule is O=C(Nc1n[nH]c2ccccc12)N1CCC(O)(c2cc(Cl)ccc2Cl)CC1. The second-order valence-electron chi connectivity index (χ2n) is 6.69. The highest BCUT2D eigenvalue weighted by Gasteiger charge is 2.37. The zero-order valence-electron chi connectivity index (χ0n) is 14.4. The van der Waals surface area contributed by atoms with Gasteiger partial charge in [-0.15, -0.1) is 0 Å². The van der Waals surface area contributed by atoms with Gasteiger partial charge in [0, 0.05) is 34.1 Å². The summed E-state index contributed by atoms with van der Waals surface area (Å²) in [4.78, 5) is 14.3. The number of fused-ring (bicyclic) bond motifs is 1. The lowest BCUT2D eigenvalue weighted by atomic mass is 9.84. The summed E-state index contributed by atoms with van der Waals surface area (Å²) in [6.45, 7) is 0.793. The van der Waals surface area contributed by atoms with E-state index in [-0.39, 0.29) is 6.03 Å². The zero-order valence-corrected chi connectivity index (χ0v) is 15.9. The van der Waals surface area contributed by atoms with Gasteiger partial charge in [0.05, 0.1) is 11.1 Å². The van der Waals surface area contributed by atoms with Crippen molar-refractivity contribution in [3.8, 4) is 0 Å². The number of aliphatic hydroxyl groups is 1. The normalized spacial score (nSPS) is 16.5. The van der Waals surface area contributed by atoms with E-state index in [1.165, 1.54) is 0 Å². The lowest BCUT2D eigenvalue weighted by Crippen LogP contribution is -2.46. The number of hydrogen-bond donors (Lipinski definition) is 3. The minimum absolute atomic E-state index is 0.244. The highest BCUT2D eigenvalue weighted by atomic mass is 35.5. The van der Waals surface area contributed by atoms with Gasteiger partial charge in [-0.25, -0.2) is 4.79 Å². The van der Waals surface area contributed by atoms with E-state index in [0.29, 0.717) is 47.4 Å². The number of nitrogens with zero attached hydrogens (tertiary/aromatic N) is 2. The van der Waals surface area contributed by atoms with Crippen LogP contribution in [-0.2, 0) is 5.60 Å². The average Bonchev–Trinajstić information content (AvgIpc) is 3.07. The molecule has 27 heavy (non-hydrogen) atoms. The molecule has 0 aliphatic carbocycles. The fourth-order valence-electron chi connectivity index (χ4n) is 3.44. The van der Waals surface area contributed by atoms with E-state index in [2.05, 4.69) is 15.5 Å². The number of aromatic amines is 1. The Morgan fingerprint density at radius 1 is 1.19 bits per heavy atom. The van der Waals surface area contributed by atoms with Crippen LogP contribution in [0.4, 0.5) is 10.6 Å².